The van der Waals surface area contributed by atoms with E-state index >= 15 is 0 Å². The van der Waals surface area contributed by atoms with Crippen LogP contribution in [-0.4, -0.2) is 38.9 Å². The number of carbonyl (C=O) groups excluding carboxylic acids is 1. The van der Waals surface area contributed by atoms with Gasteiger partial charge in [0.15, 0.2) is 5.15 Å². The van der Waals surface area contributed by atoms with Crippen molar-refractivity contribution in [1.82, 2.24) is 19.9 Å². The van der Waals surface area contributed by atoms with Crippen molar-refractivity contribution in [3.05, 3.63) is 28.3 Å². The number of thioether (sulfide) groups is 1. The fourth-order valence-corrected chi connectivity index (χ4v) is 4.44. The zero-order chi connectivity index (χ0) is 19.8. The van der Waals surface area contributed by atoms with Gasteiger partial charge in [0.05, 0.1) is 5.69 Å². The molecule has 0 aromatic carbocycles. The van der Waals surface area contributed by atoms with E-state index in [4.69, 9.17) is 11.6 Å². The normalized spacial score (nSPS) is 14.7. The van der Waals surface area contributed by atoms with Crippen LogP contribution in [0.3, 0.4) is 0 Å². The molecule has 6 nitrogen and oxygen atoms in total. The van der Waals surface area contributed by atoms with Crippen LogP contribution in [0.5, 0.6) is 0 Å². The summed E-state index contributed by atoms with van der Waals surface area (Å²) < 4.78 is 38.9. The number of carbonyl (C=O) groups is 1. The smallest absolute Gasteiger partial charge is 0.346 e. The van der Waals surface area contributed by atoms with Crippen molar-refractivity contribution in [3.63, 3.8) is 0 Å². The second kappa shape index (κ2) is 7.40. The number of nitrogens with zero attached hydrogens (tertiary/aromatic N) is 4. The van der Waals surface area contributed by atoms with Gasteiger partial charge in [-0.3, -0.25) is 4.79 Å². The Morgan fingerprint density at radius 2 is 2.22 bits per heavy atom. The van der Waals surface area contributed by atoms with E-state index in [1.54, 1.807) is 16.3 Å². The van der Waals surface area contributed by atoms with Gasteiger partial charge in [-0.25, -0.2) is 9.97 Å². The molecular formula is C16H13ClF3N5OS. The summed E-state index contributed by atoms with van der Waals surface area (Å²) >= 11 is 7.75. The van der Waals surface area contributed by atoms with E-state index in [1.165, 1.54) is 6.33 Å². The molecule has 1 amide bonds. The summed E-state index contributed by atoms with van der Waals surface area (Å²) in [5, 5.41) is 11.6. The minimum absolute atomic E-state index is 0.0141. The van der Waals surface area contributed by atoms with Crippen LogP contribution in [0.25, 0.3) is 15.9 Å². The molecule has 0 saturated heterocycles. The molecule has 0 fully saturated rings. The van der Waals surface area contributed by atoms with Gasteiger partial charge in [0, 0.05) is 23.7 Å². The quantitative estimate of drug-likeness (QED) is 0.772. The largest absolute Gasteiger partial charge is 0.471 e. The van der Waals surface area contributed by atoms with Gasteiger partial charge in [-0.15, -0.1) is 11.8 Å². The second-order valence-corrected chi connectivity index (χ2v) is 7.27. The Labute approximate surface area is 161 Å². The summed E-state index contributed by atoms with van der Waals surface area (Å²) in [6.45, 7) is 1.64. The van der Waals surface area contributed by atoms with Gasteiger partial charge in [0.1, 0.15) is 29.0 Å². The molecular weight excluding hydrogens is 403 g/mol. The summed E-state index contributed by atoms with van der Waals surface area (Å²) in [4.78, 5) is 20.0. The van der Waals surface area contributed by atoms with Crippen molar-refractivity contribution in [2.45, 2.75) is 26.1 Å². The standard InChI is InChI=1S/C16H13ClF3N5OS/c1-8-2-5-27-13(8)11-9(6-21)10-12(14(17)24-7-23-10)25(11)4-3-22-15(26)16(18,19)20/h7H,2-5H2,1H3,(H,22,26). The lowest BCUT2D eigenvalue weighted by molar-refractivity contribution is -0.173. The van der Waals surface area contributed by atoms with E-state index in [1.807, 2.05) is 12.2 Å². The lowest BCUT2D eigenvalue weighted by Crippen LogP contribution is -2.38. The van der Waals surface area contributed by atoms with Crippen LogP contribution in [0.1, 0.15) is 24.6 Å². The van der Waals surface area contributed by atoms with Gasteiger partial charge >= 0.3 is 12.1 Å². The molecule has 142 valence electrons. The first-order valence-electron chi connectivity index (χ1n) is 7.86. The number of hydrogen-bond donors (Lipinski definition) is 1. The van der Waals surface area contributed by atoms with Crippen molar-refractivity contribution in [3.8, 4) is 6.07 Å². The van der Waals surface area contributed by atoms with Gasteiger partial charge in [0.2, 0.25) is 0 Å². The number of nitriles is 1. The Morgan fingerprint density at radius 1 is 1.48 bits per heavy atom. The van der Waals surface area contributed by atoms with E-state index in [0.717, 1.165) is 22.7 Å². The van der Waals surface area contributed by atoms with Crippen molar-refractivity contribution < 1.29 is 18.0 Å². The molecule has 0 radical (unpaired) electrons. The molecule has 1 aliphatic heterocycles. The molecule has 0 unspecified atom stereocenters. The van der Waals surface area contributed by atoms with E-state index in [2.05, 4.69) is 16.0 Å². The monoisotopic (exact) mass is 415 g/mol. The SMILES string of the molecule is CC1=C(c2c(C#N)c3ncnc(Cl)c3n2CCNC(=O)C(F)(F)F)SCC1. The van der Waals surface area contributed by atoms with Gasteiger partial charge in [-0.05, 0) is 13.3 Å². The van der Waals surface area contributed by atoms with E-state index in [9.17, 15) is 23.2 Å². The fraction of sp³-hybridized carbons (Fsp3) is 0.375. The molecule has 11 heteroatoms. The van der Waals surface area contributed by atoms with Crippen molar-refractivity contribution in [2.75, 3.05) is 12.3 Å². The molecule has 0 aliphatic carbocycles. The Bertz CT molecular complexity index is 993. The third-order valence-electron chi connectivity index (χ3n) is 4.11. The van der Waals surface area contributed by atoms with Crippen LogP contribution in [-0.2, 0) is 11.3 Å². The van der Waals surface area contributed by atoms with E-state index in [0.29, 0.717) is 22.3 Å². The third-order valence-corrected chi connectivity index (χ3v) is 5.62. The lowest BCUT2D eigenvalue weighted by Gasteiger charge is -2.14. The molecule has 0 atom stereocenters. The molecule has 1 N–H and O–H groups in total. The van der Waals surface area contributed by atoms with Crippen LogP contribution in [0, 0.1) is 11.3 Å². The number of fused-ring (bicyclic) bond motifs is 1. The molecule has 27 heavy (non-hydrogen) atoms. The summed E-state index contributed by atoms with van der Waals surface area (Å²) in [5.41, 5.74) is 2.61. The zero-order valence-electron chi connectivity index (χ0n) is 14.0. The Hall–Kier alpha value is -2.25. The summed E-state index contributed by atoms with van der Waals surface area (Å²) in [6.07, 6.45) is -2.88. The summed E-state index contributed by atoms with van der Waals surface area (Å²) in [6, 6.07) is 2.12. The Morgan fingerprint density at radius 3 is 2.81 bits per heavy atom. The van der Waals surface area contributed by atoms with Gasteiger partial charge < -0.3 is 9.88 Å². The maximum Gasteiger partial charge on any atom is 0.471 e. The van der Waals surface area contributed by atoms with E-state index in [-0.39, 0.29) is 18.2 Å². The number of nitrogens with one attached hydrogen (secondary N) is 1. The number of alkyl halides is 3. The highest BCUT2D eigenvalue weighted by Crippen LogP contribution is 2.43. The maximum atomic E-state index is 12.4. The first-order chi connectivity index (χ1) is 12.8. The van der Waals surface area contributed by atoms with Gasteiger partial charge in [0.25, 0.3) is 0 Å². The van der Waals surface area contributed by atoms with Crippen LogP contribution in [0.15, 0.2) is 11.9 Å². The first kappa shape index (κ1) is 19.5. The topological polar surface area (TPSA) is 83.6 Å². The average molecular weight is 416 g/mol. The molecule has 3 heterocycles. The summed E-state index contributed by atoms with van der Waals surface area (Å²) in [5.74, 6) is -1.17. The highest BCUT2D eigenvalue weighted by molar-refractivity contribution is 8.08. The molecule has 0 bridgehead atoms. The number of rotatable bonds is 4. The van der Waals surface area contributed by atoms with Gasteiger partial charge in [-0.2, -0.15) is 18.4 Å². The van der Waals surface area contributed by atoms with E-state index < -0.39 is 12.1 Å². The number of amides is 1. The second-order valence-electron chi connectivity index (χ2n) is 5.81. The molecule has 3 rings (SSSR count). The Kier molecular flexibility index (Phi) is 5.35. The molecule has 0 saturated carbocycles. The molecule has 0 spiro atoms. The van der Waals surface area contributed by atoms with Crippen molar-refractivity contribution in [2.24, 2.45) is 0 Å². The number of aromatic nitrogens is 3. The van der Waals surface area contributed by atoms with Crippen molar-refractivity contribution in [1.29, 1.82) is 5.26 Å². The number of hydrogen-bond acceptors (Lipinski definition) is 5. The first-order valence-corrected chi connectivity index (χ1v) is 9.22. The van der Waals surface area contributed by atoms with Crippen LogP contribution in [0.2, 0.25) is 5.15 Å². The Balaban J connectivity index is 2.09. The number of halogens is 4. The zero-order valence-corrected chi connectivity index (χ0v) is 15.6. The highest BCUT2D eigenvalue weighted by Gasteiger charge is 2.38. The summed E-state index contributed by atoms with van der Waals surface area (Å²) in [7, 11) is 0. The number of allylic oxidation sites excluding steroid dienone is 1. The minimum Gasteiger partial charge on any atom is -0.346 e. The third kappa shape index (κ3) is 3.61. The average Bonchev–Trinajstić information content (AvgIpc) is 3.15. The predicted octanol–water partition coefficient (Wildman–Crippen LogP) is 3.50. The minimum atomic E-state index is -4.96. The lowest BCUT2D eigenvalue weighted by atomic mass is 10.1. The van der Waals surface area contributed by atoms with Gasteiger partial charge in [-0.1, -0.05) is 17.2 Å². The maximum absolute atomic E-state index is 12.4. The van der Waals surface area contributed by atoms with Crippen LogP contribution >= 0.6 is 23.4 Å². The molecule has 1 aliphatic rings. The molecule has 2 aromatic heterocycles. The fourth-order valence-electron chi connectivity index (χ4n) is 2.90. The molecule has 2 aromatic rings. The highest BCUT2D eigenvalue weighted by atomic mass is 35.5. The van der Waals surface area contributed by atoms with Crippen molar-refractivity contribution >= 4 is 45.2 Å². The van der Waals surface area contributed by atoms with Crippen LogP contribution in [0.4, 0.5) is 13.2 Å². The van der Waals surface area contributed by atoms with Crippen LogP contribution < -0.4 is 5.32 Å². The predicted molar refractivity (Wildman–Crippen MR) is 96.0 cm³/mol.